The Labute approximate surface area is 126 Å². The summed E-state index contributed by atoms with van der Waals surface area (Å²) < 4.78 is 3.42. The first kappa shape index (κ1) is 11.9. The topological polar surface area (TPSA) is 0 Å². The number of rotatable bonds is 0. The third-order valence-electron chi connectivity index (χ3n) is 3.31. The molecule has 0 aliphatic heterocycles. The third-order valence-corrected chi connectivity index (χ3v) is 7.03. The van der Waals surface area contributed by atoms with Crippen LogP contribution >= 0.6 is 47.8 Å². The molecular formula is C14H9Br3. The van der Waals surface area contributed by atoms with Crippen molar-refractivity contribution in [1.29, 1.82) is 0 Å². The summed E-state index contributed by atoms with van der Waals surface area (Å²) in [7, 11) is 0. The lowest BCUT2D eigenvalue weighted by molar-refractivity contribution is 1.22. The van der Waals surface area contributed by atoms with E-state index in [4.69, 9.17) is 0 Å². The highest BCUT2D eigenvalue weighted by Gasteiger charge is 2.25. The summed E-state index contributed by atoms with van der Waals surface area (Å²) in [6.07, 6.45) is 1.01. The van der Waals surface area contributed by atoms with Gasteiger partial charge in [0.1, 0.15) is 0 Å². The van der Waals surface area contributed by atoms with Gasteiger partial charge in [-0.2, -0.15) is 0 Å². The van der Waals surface area contributed by atoms with E-state index in [-0.39, 0.29) is 0 Å². The number of fused-ring (bicyclic) bond motifs is 3. The quantitative estimate of drug-likeness (QED) is 0.403. The van der Waals surface area contributed by atoms with E-state index in [9.17, 15) is 0 Å². The van der Waals surface area contributed by atoms with Crippen molar-refractivity contribution in [1.82, 2.24) is 0 Å². The fourth-order valence-electron chi connectivity index (χ4n) is 2.48. The lowest BCUT2D eigenvalue weighted by atomic mass is 10.0. The van der Waals surface area contributed by atoms with Gasteiger partial charge in [0.2, 0.25) is 0 Å². The Morgan fingerprint density at radius 3 is 2.41 bits per heavy atom. The molecule has 0 unspecified atom stereocenters. The van der Waals surface area contributed by atoms with Crippen LogP contribution in [0.15, 0.2) is 37.7 Å². The third kappa shape index (κ3) is 1.66. The van der Waals surface area contributed by atoms with E-state index in [0.717, 1.165) is 15.4 Å². The summed E-state index contributed by atoms with van der Waals surface area (Å²) in [6.45, 7) is 2.17. The predicted octanol–water partition coefficient (Wildman–Crippen LogP) is 5.85. The molecular weight excluding hydrogens is 408 g/mol. The van der Waals surface area contributed by atoms with Gasteiger partial charge in [-0.25, -0.2) is 0 Å². The Hall–Kier alpha value is -0.120. The number of hydrogen-bond donors (Lipinski definition) is 0. The average molecular weight is 417 g/mol. The van der Waals surface area contributed by atoms with Crippen LogP contribution in [0.4, 0.5) is 0 Å². The molecule has 0 amide bonds. The molecule has 3 rings (SSSR count). The van der Waals surface area contributed by atoms with E-state index < -0.39 is 0 Å². The summed E-state index contributed by atoms with van der Waals surface area (Å²) >= 11 is 11.0. The Kier molecular flexibility index (Phi) is 2.96. The molecule has 0 aromatic heterocycles. The van der Waals surface area contributed by atoms with Crippen molar-refractivity contribution in [2.75, 3.05) is 0 Å². The van der Waals surface area contributed by atoms with Crippen molar-refractivity contribution < 1.29 is 0 Å². The molecule has 0 heterocycles. The molecule has 0 saturated carbocycles. The van der Waals surface area contributed by atoms with Crippen LogP contribution in [0.5, 0.6) is 0 Å². The zero-order valence-electron chi connectivity index (χ0n) is 9.15. The van der Waals surface area contributed by atoms with Gasteiger partial charge in [0.05, 0.1) is 0 Å². The first-order valence-corrected chi connectivity index (χ1v) is 7.73. The Bertz CT molecular complexity index is 630. The molecule has 0 atom stereocenters. The molecule has 0 N–H and O–H groups in total. The van der Waals surface area contributed by atoms with E-state index in [1.165, 1.54) is 32.3 Å². The summed E-state index contributed by atoms with van der Waals surface area (Å²) in [5, 5.41) is 0. The van der Waals surface area contributed by atoms with Gasteiger partial charge in [0.15, 0.2) is 0 Å². The molecule has 1 aliphatic carbocycles. The maximum Gasteiger partial charge on any atom is 0.0465 e. The smallest absolute Gasteiger partial charge is 0.0465 e. The van der Waals surface area contributed by atoms with Gasteiger partial charge in [-0.1, -0.05) is 24.3 Å². The maximum atomic E-state index is 3.70. The Morgan fingerprint density at radius 1 is 0.941 bits per heavy atom. The second kappa shape index (κ2) is 4.22. The fraction of sp³-hybridized carbons (Fsp3) is 0.143. The fourth-order valence-corrected chi connectivity index (χ4v) is 4.21. The predicted molar refractivity (Wildman–Crippen MR) is 82.5 cm³/mol. The van der Waals surface area contributed by atoms with E-state index in [1.807, 2.05) is 0 Å². The molecule has 0 saturated heterocycles. The summed E-state index contributed by atoms with van der Waals surface area (Å²) in [4.78, 5) is 0. The largest absolute Gasteiger partial charge is 0.0619 e. The van der Waals surface area contributed by atoms with Crippen molar-refractivity contribution in [3.8, 4) is 11.1 Å². The molecule has 3 heteroatoms. The average Bonchev–Trinajstić information content (AvgIpc) is 2.73. The molecule has 17 heavy (non-hydrogen) atoms. The number of halogens is 3. The van der Waals surface area contributed by atoms with Crippen LogP contribution in [-0.4, -0.2) is 0 Å². The zero-order valence-corrected chi connectivity index (χ0v) is 13.9. The van der Waals surface area contributed by atoms with Crippen LogP contribution in [0, 0.1) is 6.92 Å². The van der Waals surface area contributed by atoms with E-state index in [0.29, 0.717) is 0 Å². The molecule has 0 bridgehead atoms. The molecule has 0 radical (unpaired) electrons. The van der Waals surface area contributed by atoms with Gasteiger partial charge in [-0.15, -0.1) is 0 Å². The van der Waals surface area contributed by atoms with Crippen molar-refractivity contribution in [2.24, 2.45) is 0 Å². The molecule has 0 fully saturated rings. The van der Waals surface area contributed by atoms with Crippen molar-refractivity contribution >= 4 is 47.8 Å². The number of hydrogen-bond acceptors (Lipinski definition) is 0. The zero-order chi connectivity index (χ0) is 12.2. The minimum absolute atomic E-state index is 1.01. The second-order valence-corrected chi connectivity index (χ2v) is 6.63. The van der Waals surface area contributed by atoms with Crippen molar-refractivity contribution in [3.05, 3.63) is 54.4 Å². The maximum absolute atomic E-state index is 3.70. The van der Waals surface area contributed by atoms with Crippen LogP contribution in [-0.2, 0) is 6.42 Å². The highest BCUT2D eigenvalue weighted by molar-refractivity contribution is 9.14. The van der Waals surface area contributed by atoms with Gasteiger partial charge < -0.3 is 0 Å². The van der Waals surface area contributed by atoms with E-state index in [2.05, 4.69) is 79.0 Å². The molecule has 86 valence electrons. The van der Waals surface area contributed by atoms with Gasteiger partial charge in [-0.05, 0) is 89.0 Å². The minimum Gasteiger partial charge on any atom is -0.0619 e. The SMILES string of the molecule is Cc1c(Br)c(Br)c(Br)c2c1-c1ccccc1C2. The van der Waals surface area contributed by atoms with Crippen LogP contribution < -0.4 is 0 Å². The normalized spacial score (nSPS) is 12.5. The monoisotopic (exact) mass is 414 g/mol. The molecule has 1 aliphatic rings. The Balaban J connectivity index is 2.41. The number of benzene rings is 2. The summed E-state index contributed by atoms with van der Waals surface area (Å²) in [5.41, 5.74) is 6.85. The van der Waals surface area contributed by atoms with Gasteiger partial charge in [0.25, 0.3) is 0 Å². The summed E-state index contributed by atoms with van der Waals surface area (Å²) in [6, 6.07) is 8.64. The lowest BCUT2D eigenvalue weighted by Crippen LogP contribution is -1.90. The highest BCUT2D eigenvalue weighted by atomic mass is 79.9. The minimum atomic E-state index is 1.01. The van der Waals surface area contributed by atoms with Crippen LogP contribution in [0.25, 0.3) is 11.1 Å². The molecule has 0 nitrogen and oxygen atoms in total. The van der Waals surface area contributed by atoms with Crippen molar-refractivity contribution in [2.45, 2.75) is 13.3 Å². The first-order chi connectivity index (χ1) is 8.11. The van der Waals surface area contributed by atoms with E-state index in [1.54, 1.807) is 0 Å². The van der Waals surface area contributed by atoms with E-state index >= 15 is 0 Å². The van der Waals surface area contributed by atoms with Crippen LogP contribution in [0.3, 0.4) is 0 Å². The van der Waals surface area contributed by atoms with Crippen molar-refractivity contribution in [3.63, 3.8) is 0 Å². The molecule has 2 aromatic carbocycles. The van der Waals surface area contributed by atoms with Gasteiger partial charge >= 0.3 is 0 Å². The lowest BCUT2D eigenvalue weighted by Gasteiger charge is -2.12. The van der Waals surface area contributed by atoms with Crippen LogP contribution in [0.2, 0.25) is 0 Å². The molecule has 2 aromatic rings. The van der Waals surface area contributed by atoms with Gasteiger partial charge in [-0.3, -0.25) is 0 Å². The first-order valence-electron chi connectivity index (χ1n) is 5.35. The summed E-state index contributed by atoms with van der Waals surface area (Å²) in [5.74, 6) is 0. The standard InChI is InChI=1S/C14H9Br3/c1-7-11-9-5-3-2-4-8(9)6-10(11)13(16)14(17)12(7)15/h2-5H,6H2,1H3. The molecule has 0 spiro atoms. The second-order valence-electron chi connectivity index (χ2n) is 4.25. The van der Waals surface area contributed by atoms with Gasteiger partial charge in [0, 0.05) is 13.4 Å². The highest BCUT2D eigenvalue weighted by Crippen LogP contribution is 2.48. The van der Waals surface area contributed by atoms with Crippen LogP contribution in [0.1, 0.15) is 16.7 Å². The Morgan fingerprint density at radius 2 is 1.65 bits per heavy atom.